The summed E-state index contributed by atoms with van der Waals surface area (Å²) in [6, 6.07) is 14.7. The number of nitrogens with zero attached hydrogens (tertiary/aromatic N) is 1. The summed E-state index contributed by atoms with van der Waals surface area (Å²) in [6.07, 6.45) is 0. The molecular weight excluding hydrogens is 454 g/mol. The molecule has 3 aromatic carbocycles. The molecule has 0 bridgehead atoms. The molecule has 0 aromatic heterocycles. The summed E-state index contributed by atoms with van der Waals surface area (Å²) >= 11 is 0. The maximum Gasteiger partial charge on any atom is 0.258 e. The molecule has 178 valence electrons. The average Bonchev–Trinajstić information content (AvgIpc) is 3.51. The quantitative estimate of drug-likeness (QED) is 0.579. The minimum atomic E-state index is -0.506. The van der Waals surface area contributed by atoms with Crippen LogP contribution in [-0.2, 0) is 4.79 Å². The highest BCUT2D eigenvalue weighted by molar-refractivity contribution is 6.13. The van der Waals surface area contributed by atoms with E-state index in [1.54, 1.807) is 49.5 Å². The number of carbonyl (C=O) groups is 3. The third-order valence-electron chi connectivity index (χ3n) is 5.50. The van der Waals surface area contributed by atoms with Crippen LogP contribution in [0.5, 0.6) is 23.0 Å². The second-order valence-electron chi connectivity index (χ2n) is 7.87. The SMILES string of the molecule is CC(=O)Nc1ccc(C(=O)N(C)c2ccc3c(c2)OCO3)cc1C(=O)Nc1ccc2c(c1)OCO2. The van der Waals surface area contributed by atoms with Crippen LogP contribution in [0.15, 0.2) is 54.6 Å². The predicted molar refractivity (Wildman–Crippen MR) is 127 cm³/mol. The van der Waals surface area contributed by atoms with Crippen molar-refractivity contribution in [3.63, 3.8) is 0 Å². The van der Waals surface area contributed by atoms with Crippen LogP contribution >= 0.6 is 0 Å². The lowest BCUT2D eigenvalue weighted by Gasteiger charge is -2.19. The van der Waals surface area contributed by atoms with Crippen molar-refractivity contribution in [2.24, 2.45) is 0 Å². The van der Waals surface area contributed by atoms with Crippen molar-refractivity contribution in [3.8, 4) is 23.0 Å². The van der Waals surface area contributed by atoms with Crippen LogP contribution in [0.3, 0.4) is 0 Å². The minimum Gasteiger partial charge on any atom is -0.454 e. The molecule has 0 spiro atoms. The Balaban J connectivity index is 1.42. The number of hydrogen-bond donors (Lipinski definition) is 2. The van der Waals surface area contributed by atoms with Crippen LogP contribution in [0.4, 0.5) is 17.1 Å². The Kier molecular flexibility index (Phi) is 5.61. The fourth-order valence-electron chi connectivity index (χ4n) is 3.74. The number of amides is 3. The molecule has 0 saturated carbocycles. The summed E-state index contributed by atoms with van der Waals surface area (Å²) in [4.78, 5) is 39.6. The van der Waals surface area contributed by atoms with Gasteiger partial charge in [-0.3, -0.25) is 14.4 Å². The zero-order chi connectivity index (χ0) is 24.5. The molecule has 10 nitrogen and oxygen atoms in total. The topological polar surface area (TPSA) is 115 Å². The second kappa shape index (κ2) is 8.90. The number of rotatable bonds is 5. The van der Waals surface area contributed by atoms with E-state index in [2.05, 4.69) is 10.6 Å². The number of nitrogens with one attached hydrogen (secondary N) is 2. The fraction of sp³-hybridized carbons (Fsp3) is 0.160. The number of fused-ring (bicyclic) bond motifs is 2. The van der Waals surface area contributed by atoms with Gasteiger partial charge >= 0.3 is 0 Å². The third-order valence-corrected chi connectivity index (χ3v) is 5.50. The zero-order valence-corrected chi connectivity index (χ0v) is 18.9. The lowest BCUT2D eigenvalue weighted by atomic mass is 10.1. The summed E-state index contributed by atoms with van der Waals surface area (Å²) in [5.41, 5.74) is 1.73. The molecule has 0 radical (unpaired) electrons. The van der Waals surface area contributed by atoms with Crippen LogP contribution in [-0.4, -0.2) is 38.4 Å². The van der Waals surface area contributed by atoms with Crippen molar-refractivity contribution in [1.29, 1.82) is 0 Å². The third kappa shape index (κ3) is 4.41. The maximum absolute atomic E-state index is 13.2. The van der Waals surface area contributed by atoms with Crippen molar-refractivity contribution in [1.82, 2.24) is 0 Å². The Morgan fingerprint density at radius 2 is 1.43 bits per heavy atom. The van der Waals surface area contributed by atoms with E-state index in [9.17, 15) is 14.4 Å². The summed E-state index contributed by atoms with van der Waals surface area (Å²) < 4.78 is 21.4. The smallest absolute Gasteiger partial charge is 0.258 e. The highest BCUT2D eigenvalue weighted by Crippen LogP contribution is 2.36. The fourth-order valence-corrected chi connectivity index (χ4v) is 3.74. The van der Waals surface area contributed by atoms with Gasteiger partial charge in [0, 0.05) is 43.0 Å². The van der Waals surface area contributed by atoms with Gasteiger partial charge in [0.2, 0.25) is 19.5 Å². The average molecular weight is 475 g/mol. The Hall–Kier alpha value is -4.73. The monoisotopic (exact) mass is 475 g/mol. The van der Waals surface area contributed by atoms with Gasteiger partial charge in [0.1, 0.15) is 0 Å². The van der Waals surface area contributed by atoms with Gasteiger partial charge < -0.3 is 34.5 Å². The van der Waals surface area contributed by atoms with Crippen molar-refractivity contribution < 1.29 is 33.3 Å². The number of anilines is 3. The number of hydrogen-bond acceptors (Lipinski definition) is 7. The van der Waals surface area contributed by atoms with Crippen LogP contribution in [0.1, 0.15) is 27.6 Å². The summed E-state index contributed by atoms with van der Waals surface area (Å²) in [5, 5.41) is 5.41. The molecule has 10 heteroatoms. The Bertz CT molecular complexity index is 1350. The number of ether oxygens (including phenoxy) is 4. The first kappa shape index (κ1) is 22.1. The maximum atomic E-state index is 13.2. The minimum absolute atomic E-state index is 0.112. The van der Waals surface area contributed by atoms with Crippen LogP contribution < -0.4 is 34.5 Å². The van der Waals surface area contributed by atoms with Crippen LogP contribution in [0.2, 0.25) is 0 Å². The van der Waals surface area contributed by atoms with E-state index < -0.39 is 5.91 Å². The van der Waals surface area contributed by atoms with Gasteiger partial charge in [-0.1, -0.05) is 0 Å². The molecule has 0 saturated heterocycles. The van der Waals surface area contributed by atoms with E-state index in [4.69, 9.17) is 18.9 Å². The van der Waals surface area contributed by atoms with Crippen LogP contribution in [0.25, 0.3) is 0 Å². The Morgan fingerprint density at radius 3 is 2.14 bits per heavy atom. The van der Waals surface area contributed by atoms with Gasteiger partial charge in [0.25, 0.3) is 11.8 Å². The van der Waals surface area contributed by atoms with Crippen LogP contribution in [0, 0.1) is 0 Å². The molecule has 5 rings (SSSR count). The molecule has 35 heavy (non-hydrogen) atoms. The zero-order valence-electron chi connectivity index (χ0n) is 18.9. The van der Waals surface area contributed by atoms with Gasteiger partial charge in [-0.25, -0.2) is 0 Å². The number of benzene rings is 3. The molecule has 3 aromatic rings. The first-order chi connectivity index (χ1) is 16.9. The molecule has 3 amide bonds. The molecule has 2 aliphatic rings. The Morgan fingerprint density at radius 1 is 0.771 bits per heavy atom. The second-order valence-corrected chi connectivity index (χ2v) is 7.87. The summed E-state index contributed by atoms with van der Waals surface area (Å²) in [6.45, 7) is 1.58. The largest absolute Gasteiger partial charge is 0.454 e. The first-order valence-electron chi connectivity index (χ1n) is 10.7. The highest BCUT2D eigenvalue weighted by Gasteiger charge is 2.22. The van der Waals surface area contributed by atoms with Gasteiger partial charge in [-0.05, 0) is 42.5 Å². The molecule has 0 unspecified atom stereocenters. The molecule has 0 fully saturated rings. The first-order valence-corrected chi connectivity index (χ1v) is 10.7. The lowest BCUT2D eigenvalue weighted by molar-refractivity contribution is -0.114. The van der Waals surface area contributed by atoms with Gasteiger partial charge in [0.05, 0.1) is 11.3 Å². The molecule has 2 aliphatic heterocycles. The molecule has 0 atom stereocenters. The van der Waals surface area contributed by atoms with Crippen molar-refractivity contribution in [2.45, 2.75) is 6.92 Å². The van der Waals surface area contributed by atoms with E-state index in [1.165, 1.54) is 24.0 Å². The molecule has 2 heterocycles. The number of carbonyl (C=O) groups excluding carboxylic acids is 3. The van der Waals surface area contributed by atoms with Gasteiger partial charge in [0.15, 0.2) is 23.0 Å². The predicted octanol–water partition coefficient (Wildman–Crippen LogP) is 3.63. The standard InChI is InChI=1S/C25H21N3O7/c1-14(29)26-19-6-3-15(25(31)28(2)17-5-8-21-23(11-17)35-13-33-21)9-18(19)24(30)27-16-4-7-20-22(10-16)34-12-32-20/h3-11H,12-13H2,1-2H3,(H,26,29)(H,27,30). The summed E-state index contributed by atoms with van der Waals surface area (Å²) in [7, 11) is 1.62. The van der Waals surface area contributed by atoms with Crippen molar-refractivity contribution >= 4 is 34.8 Å². The highest BCUT2D eigenvalue weighted by atomic mass is 16.7. The molecule has 2 N–H and O–H groups in total. The molecular formula is C25H21N3O7. The van der Waals surface area contributed by atoms with E-state index in [0.29, 0.717) is 34.4 Å². The molecule has 0 aliphatic carbocycles. The Labute approximate surface area is 200 Å². The van der Waals surface area contributed by atoms with Gasteiger partial charge in [-0.2, -0.15) is 0 Å². The normalized spacial score (nSPS) is 12.7. The van der Waals surface area contributed by atoms with E-state index >= 15 is 0 Å². The van der Waals surface area contributed by atoms with Crippen molar-refractivity contribution in [3.05, 3.63) is 65.7 Å². The summed E-state index contributed by atoms with van der Waals surface area (Å²) in [5.74, 6) is 1.05. The van der Waals surface area contributed by atoms with E-state index in [0.717, 1.165) is 0 Å². The van der Waals surface area contributed by atoms with Crippen molar-refractivity contribution in [2.75, 3.05) is 36.2 Å². The van der Waals surface area contributed by atoms with E-state index in [-0.39, 0.29) is 42.2 Å². The van der Waals surface area contributed by atoms with Gasteiger partial charge in [-0.15, -0.1) is 0 Å². The van der Waals surface area contributed by atoms with E-state index in [1.807, 2.05) is 0 Å². The lowest BCUT2D eigenvalue weighted by Crippen LogP contribution is -2.27.